The molecule has 2 aromatic heterocycles. The van der Waals surface area contributed by atoms with E-state index in [1.807, 2.05) is 36.1 Å². The van der Waals surface area contributed by atoms with Gasteiger partial charge in [-0.1, -0.05) is 0 Å². The van der Waals surface area contributed by atoms with Crippen molar-refractivity contribution in [2.24, 2.45) is 17.3 Å². The fourth-order valence-electron chi connectivity index (χ4n) is 2.48. The van der Waals surface area contributed by atoms with Crippen LogP contribution in [0, 0.1) is 17.0 Å². The third-order valence-electron chi connectivity index (χ3n) is 3.85. The van der Waals surface area contributed by atoms with Gasteiger partial charge in [-0.2, -0.15) is 10.2 Å². The summed E-state index contributed by atoms with van der Waals surface area (Å²) in [7, 11) is 1.95. The molecule has 0 spiro atoms. The van der Waals surface area contributed by atoms with Gasteiger partial charge in [-0.25, -0.2) is 9.25 Å². The molecule has 3 aromatic rings. The summed E-state index contributed by atoms with van der Waals surface area (Å²) in [5.41, 5.74) is 8.82. The highest BCUT2D eigenvalue weighted by Crippen LogP contribution is 2.28. The highest BCUT2D eigenvalue weighted by atomic mass is 16.6. The summed E-state index contributed by atoms with van der Waals surface area (Å²) < 4.78 is 3.60. The van der Waals surface area contributed by atoms with E-state index in [9.17, 15) is 10.1 Å². The number of azo groups is 1. The fraction of sp³-hybridized carbons (Fsp3) is 0.176. The Labute approximate surface area is 149 Å². The molecule has 0 saturated carbocycles. The zero-order valence-corrected chi connectivity index (χ0v) is 14.4. The molecule has 0 fully saturated rings. The number of nitro benzene ring substituents is 1. The van der Waals surface area contributed by atoms with Crippen molar-refractivity contribution in [1.29, 1.82) is 0 Å². The van der Waals surface area contributed by atoms with Crippen LogP contribution in [0.5, 0.6) is 0 Å². The van der Waals surface area contributed by atoms with Crippen molar-refractivity contribution in [3.63, 3.8) is 0 Å². The van der Waals surface area contributed by atoms with Crippen molar-refractivity contribution in [3.8, 4) is 0 Å². The Hall–Kier alpha value is -3.62. The number of pyridine rings is 1. The third kappa shape index (κ3) is 3.72. The molecule has 132 valence electrons. The maximum atomic E-state index is 10.8. The van der Waals surface area contributed by atoms with E-state index in [1.165, 1.54) is 12.1 Å². The second-order valence-corrected chi connectivity index (χ2v) is 5.88. The Morgan fingerprint density at radius 2 is 2.08 bits per heavy atom. The van der Waals surface area contributed by atoms with Crippen LogP contribution in [0.2, 0.25) is 0 Å². The number of nitrogens with zero attached hydrogens (tertiary/aromatic N) is 6. The lowest BCUT2D eigenvalue weighted by Gasteiger charge is -2.03. The van der Waals surface area contributed by atoms with Gasteiger partial charge in [0.15, 0.2) is 12.4 Å². The standard InChI is InChI=1S/C17H18N7O2/c1-12-8-14(24(25)26)5-6-15(12)20-21-16-9-19-23(17(16)18)11-13-4-3-7-22(2)10-13/h3-10H,11,18H2,1-2H3/q+1/b21-20+. The van der Waals surface area contributed by atoms with E-state index in [0.717, 1.165) is 5.56 Å². The van der Waals surface area contributed by atoms with Crippen LogP contribution in [-0.2, 0) is 13.6 Å². The zero-order valence-electron chi connectivity index (χ0n) is 14.4. The molecule has 0 saturated heterocycles. The number of nitrogens with two attached hydrogens (primary N) is 1. The first kappa shape index (κ1) is 17.2. The van der Waals surface area contributed by atoms with Crippen molar-refractivity contribution < 1.29 is 9.49 Å². The lowest BCUT2D eigenvalue weighted by molar-refractivity contribution is -0.671. The van der Waals surface area contributed by atoms with Crippen LogP contribution >= 0.6 is 0 Å². The van der Waals surface area contributed by atoms with E-state index >= 15 is 0 Å². The number of nitrogen functional groups attached to an aromatic ring is 1. The van der Waals surface area contributed by atoms with Gasteiger partial charge in [-0.3, -0.25) is 10.1 Å². The first-order chi connectivity index (χ1) is 12.4. The molecule has 1 aromatic carbocycles. The number of hydrogen-bond acceptors (Lipinski definition) is 6. The Balaban J connectivity index is 1.80. The minimum Gasteiger partial charge on any atom is -0.382 e. The van der Waals surface area contributed by atoms with Crippen molar-refractivity contribution >= 4 is 22.9 Å². The number of aryl methyl sites for hydroxylation is 2. The first-order valence-corrected chi connectivity index (χ1v) is 7.86. The molecule has 2 heterocycles. The predicted molar refractivity (Wildman–Crippen MR) is 95.4 cm³/mol. The topological polar surface area (TPSA) is 116 Å². The summed E-state index contributed by atoms with van der Waals surface area (Å²) in [5, 5.41) is 23.3. The number of hydrogen-bond donors (Lipinski definition) is 1. The number of benzene rings is 1. The van der Waals surface area contributed by atoms with E-state index in [-0.39, 0.29) is 5.69 Å². The molecule has 26 heavy (non-hydrogen) atoms. The Morgan fingerprint density at radius 3 is 2.77 bits per heavy atom. The average molecular weight is 352 g/mol. The van der Waals surface area contributed by atoms with Gasteiger partial charge in [-0.05, 0) is 24.6 Å². The molecule has 0 atom stereocenters. The summed E-state index contributed by atoms with van der Waals surface area (Å²) in [6.45, 7) is 2.26. The van der Waals surface area contributed by atoms with Crippen LogP contribution in [-0.4, -0.2) is 14.7 Å². The molecule has 0 aliphatic heterocycles. The summed E-state index contributed by atoms with van der Waals surface area (Å²) in [4.78, 5) is 10.3. The number of rotatable bonds is 5. The molecule has 9 nitrogen and oxygen atoms in total. The lowest BCUT2D eigenvalue weighted by atomic mass is 10.2. The smallest absolute Gasteiger partial charge is 0.269 e. The van der Waals surface area contributed by atoms with Gasteiger partial charge < -0.3 is 5.73 Å². The highest BCUT2D eigenvalue weighted by Gasteiger charge is 2.10. The predicted octanol–water partition coefficient (Wildman–Crippen LogP) is 2.97. The molecule has 2 N–H and O–H groups in total. The maximum Gasteiger partial charge on any atom is 0.269 e. The minimum atomic E-state index is -0.445. The van der Waals surface area contributed by atoms with Crippen LogP contribution in [0.1, 0.15) is 11.1 Å². The van der Waals surface area contributed by atoms with E-state index in [4.69, 9.17) is 5.73 Å². The second kappa shape index (κ2) is 7.09. The van der Waals surface area contributed by atoms with Crippen molar-refractivity contribution in [1.82, 2.24) is 9.78 Å². The zero-order chi connectivity index (χ0) is 18.7. The van der Waals surface area contributed by atoms with Crippen LogP contribution in [0.25, 0.3) is 0 Å². The monoisotopic (exact) mass is 352 g/mol. The third-order valence-corrected chi connectivity index (χ3v) is 3.85. The van der Waals surface area contributed by atoms with Crippen molar-refractivity contribution in [3.05, 3.63) is 70.2 Å². The number of nitro groups is 1. The van der Waals surface area contributed by atoms with E-state index in [1.54, 1.807) is 23.9 Å². The molecular formula is C17H18N7O2+. The fourth-order valence-corrected chi connectivity index (χ4v) is 2.48. The van der Waals surface area contributed by atoms with Crippen LogP contribution in [0.4, 0.5) is 22.9 Å². The van der Waals surface area contributed by atoms with Gasteiger partial charge in [0.1, 0.15) is 18.6 Å². The van der Waals surface area contributed by atoms with Crippen molar-refractivity contribution in [2.45, 2.75) is 13.5 Å². The molecular weight excluding hydrogens is 334 g/mol. The molecule has 0 radical (unpaired) electrons. The highest BCUT2D eigenvalue weighted by molar-refractivity contribution is 5.57. The first-order valence-electron chi connectivity index (χ1n) is 7.86. The maximum absolute atomic E-state index is 10.8. The largest absolute Gasteiger partial charge is 0.382 e. The number of anilines is 1. The SMILES string of the molecule is Cc1cc([N+](=O)[O-])ccc1/N=N/c1cnn(Cc2ccc[n+](C)c2)c1N. The second-order valence-electron chi connectivity index (χ2n) is 5.88. The quantitative estimate of drug-likeness (QED) is 0.329. The molecule has 9 heteroatoms. The summed E-state index contributed by atoms with van der Waals surface area (Å²) in [6, 6.07) is 8.34. The van der Waals surface area contributed by atoms with Crippen molar-refractivity contribution in [2.75, 3.05) is 5.73 Å². The normalized spacial score (nSPS) is 11.2. The molecule has 0 aliphatic rings. The molecule has 0 aliphatic carbocycles. The van der Waals surface area contributed by atoms with Crippen LogP contribution in [0.3, 0.4) is 0 Å². The minimum absolute atomic E-state index is 0.0183. The van der Waals surface area contributed by atoms with E-state index in [0.29, 0.717) is 29.3 Å². The van der Waals surface area contributed by atoms with Gasteiger partial charge in [-0.15, -0.1) is 5.11 Å². The van der Waals surface area contributed by atoms with Crippen LogP contribution < -0.4 is 10.3 Å². The molecule has 0 bridgehead atoms. The van der Waals surface area contributed by atoms with Gasteiger partial charge in [0.25, 0.3) is 5.69 Å². The van der Waals surface area contributed by atoms with Crippen LogP contribution in [0.15, 0.2) is 59.2 Å². The Kier molecular flexibility index (Phi) is 4.70. The van der Waals surface area contributed by atoms with E-state index < -0.39 is 4.92 Å². The van der Waals surface area contributed by atoms with Gasteiger partial charge in [0.05, 0.1) is 23.4 Å². The van der Waals surface area contributed by atoms with Gasteiger partial charge >= 0.3 is 0 Å². The summed E-state index contributed by atoms with van der Waals surface area (Å²) in [6.07, 6.45) is 5.48. The summed E-state index contributed by atoms with van der Waals surface area (Å²) in [5.74, 6) is 0.403. The van der Waals surface area contributed by atoms with Gasteiger partial charge in [0, 0.05) is 23.8 Å². The molecule has 0 amide bonds. The van der Waals surface area contributed by atoms with E-state index in [2.05, 4.69) is 15.3 Å². The lowest BCUT2D eigenvalue weighted by Crippen LogP contribution is -2.27. The Morgan fingerprint density at radius 1 is 1.31 bits per heavy atom. The van der Waals surface area contributed by atoms with Gasteiger partial charge in [0.2, 0.25) is 0 Å². The number of non-ortho nitro benzene ring substituents is 1. The molecule has 3 rings (SSSR count). The summed E-state index contributed by atoms with van der Waals surface area (Å²) >= 11 is 0. The Bertz CT molecular complexity index is 995. The average Bonchev–Trinajstić information content (AvgIpc) is 2.94. The number of aromatic nitrogens is 3. The molecule has 0 unspecified atom stereocenters.